The Labute approximate surface area is 137 Å². The van der Waals surface area contributed by atoms with Crippen LogP contribution < -0.4 is 0 Å². The zero-order valence-electron chi connectivity index (χ0n) is 13.7. The highest BCUT2D eigenvalue weighted by Gasteiger charge is 2.60. The number of likely N-dealkylation sites (tertiary alicyclic amines) is 1. The molecule has 0 N–H and O–H groups in total. The highest BCUT2D eigenvalue weighted by molar-refractivity contribution is 5.78. The van der Waals surface area contributed by atoms with E-state index < -0.39 is 0 Å². The van der Waals surface area contributed by atoms with Crippen LogP contribution in [-0.2, 0) is 9.53 Å². The zero-order valence-corrected chi connectivity index (χ0v) is 13.7. The van der Waals surface area contributed by atoms with Crippen molar-refractivity contribution in [2.75, 3.05) is 13.2 Å². The van der Waals surface area contributed by atoms with Crippen LogP contribution in [-0.4, -0.2) is 41.8 Å². The van der Waals surface area contributed by atoms with E-state index in [1.165, 1.54) is 19.3 Å². The van der Waals surface area contributed by atoms with Crippen molar-refractivity contribution in [3.8, 4) is 12.3 Å². The molecule has 2 saturated heterocycles. The van der Waals surface area contributed by atoms with Gasteiger partial charge in [-0.15, -0.1) is 12.3 Å². The summed E-state index contributed by atoms with van der Waals surface area (Å²) < 4.78 is 5.93. The van der Waals surface area contributed by atoms with Gasteiger partial charge in [-0.2, -0.15) is 10.2 Å². The van der Waals surface area contributed by atoms with Crippen LogP contribution >= 0.6 is 0 Å². The lowest BCUT2D eigenvalue weighted by Gasteiger charge is -2.64. The van der Waals surface area contributed by atoms with Crippen LogP contribution in [0.2, 0.25) is 0 Å². The molecule has 5 heteroatoms. The van der Waals surface area contributed by atoms with Gasteiger partial charge in [0.2, 0.25) is 5.91 Å². The number of terminal acetylenes is 1. The van der Waals surface area contributed by atoms with Crippen LogP contribution in [0.25, 0.3) is 0 Å². The SMILES string of the molecule is C#CCCC1(CCC(=O)N2CC3(CCC3)C2C2CCCO2)N=N1. The summed E-state index contributed by atoms with van der Waals surface area (Å²) in [5.74, 6) is 2.89. The predicted octanol–water partition coefficient (Wildman–Crippen LogP) is 2.90. The van der Waals surface area contributed by atoms with Crippen molar-refractivity contribution in [3.05, 3.63) is 0 Å². The van der Waals surface area contributed by atoms with Gasteiger partial charge in [-0.25, -0.2) is 0 Å². The van der Waals surface area contributed by atoms with E-state index in [-0.39, 0.29) is 17.7 Å². The van der Waals surface area contributed by atoms with Gasteiger partial charge in [0.25, 0.3) is 0 Å². The number of ether oxygens (including phenoxy) is 1. The number of hydrogen-bond acceptors (Lipinski definition) is 4. The Hall–Kier alpha value is -1.41. The predicted molar refractivity (Wildman–Crippen MR) is 85.6 cm³/mol. The maximum Gasteiger partial charge on any atom is 0.223 e. The molecule has 0 bridgehead atoms. The Balaban J connectivity index is 1.34. The first-order chi connectivity index (χ1) is 11.2. The van der Waals surface area contributed by atoms with E-state index in [1.54, 1.807) is 0 Å². The van der Waals surface area contributed by atoms with Crippen LogP contribution in [0.4, 0.5) is 0 Å². The molecule has 4 rings (SSSR count). The lowest BCUT2D eigenvalue weighted by molar-refractivity contribution is -0.188. The summed E-state index contributed by atoms with van der Waals surface area (Å²) in [5.41, 5.74) is 0.0283. The lowest BCUT2D eigenvalue weighted by atomic mass is 9.56. The smallest absolute Gasteiger partial charge is 0.223 e. The van der Waals surface area contributed by atoms with E-state index in [0.29, 0.717) is 30.7 Å². The van der Waals surface area contributed by atoms with Gasteiger partial charge in [0.1, 0.15) is 0 Å². The number of nitrogens with zero attached hydrogens (tertiary/aromatic N) is 3. The third-order valence-corrected chi connectivity index (χ3v) is 6.23. The van der Waals surface area contributed by atoms with E-state index in [0.717, 1.165) is 32.4 Å². The fraction of sp³-hybridized carbons (Fsp3) is 0.833. The van der Waals surface area contributed by atoms with Crippen LogP contribution in [0.1, 0.15) is 57.8 Å². The Kier molecular flexibility index (Phi) is 3.68. The number of carbonyl (C=O) groups is 1. The normalized spacial score (nSPS) is 32.2. The molecule has 0 aromatic rings. The third-order valence-electron chi connectivity index (χ3n) is 6.23. The largest absolute Gasteiger partial charge is 0.376 e. The lowest BCUT2D eigenvalue weighted by Crippen LogP contribution is -2.72. The Bertz CT molecular complexity index is 549. The van der Waals surface area contributed by atoms with Crippen LogP contribution in [0.5, 0.6) is 0 Å². The van der Waals surface area contributed by atoms with Gasteiger partial charge in [-0.1, -0.05) is 6.42 Å². The van der Waals surface area contributed by atoms with Crippen molar-refractivity contribution in [1.82, 2.24) is 4.90 Å². The molecule has 0 aromatic carbocycles. The molecule has 1 saturated carbocycles. The molecule has 3 aliphatic heterocycles. The molecule has 2 unspecified atom stereocenters. The fourth-order valence-corrected chi connectivity index (χ4v) is 4.64. The van der Waals surface area contributed by atoms with E-state index in [9.17, 15) is 4.79 Å². The minimum absolute atomic E-state index is 0.250. The topological polar surface area (TPSA) is 54.3 Å². The van der Waals surface area contributed by atoms with Gasteiger partial charge in [-0.05, 0) is 25.7 Å². The van der Waals surface area contributed by atoms with Crippen LogP contribution in [0.3, 0.4) is 0 Å². The molecular formula is C18H25N3O2. The maximum atomic E-state index is 12.7. The van der Waals surface area contributed by atoms with Crippen molar-refractivity contribution >= 4 is 5.91 Å². The van der Waals surface area contributed by atoms with Crippen molar-refractivity contribution < 1.29 is 9.53 Å². The summed E-state index contributed by atoms with van der Waals surface area (Å²) in [6.07, 6.45) is 14.3. The van der Waals surface area contributed by atoms with E-state index in [4.69, 9.17) is 11.2 Å². The third kappa shape index (κ3) is 2.57. The first-order valence-corrected chi connectivity index (χ1v) is 8.97. The molecular weight excluding hydrogens is 290 g/mol. The molecule has 1 spiro atoms. The monoisotopic (exact) mass is 315 g/mol. The summed E-state index contributed by atoms with van der Waals surface area (Å²) in [6, 6.07) is 0.320. The van der Waals surface area contributed by atoms with Crippen molar-refractivity contribution in [2.45, 2.75) is 75.6 Å². The average Bonchev–Trinajstić information content (AvgIpc) is 3.06. The maximum absolute atomic E-state index is 12.7. The fourth-order valence-electron chi connectivity index (χ4n) is 4.64. The average molecular weight is 315 g/mol. The van der Waals surface area contributed by atoms with Gasteiger partial charge in [-0.3, -0.25) is 4.79 Å². The quantitative estimate of drug-likeness (QED) is 0.708. The first-order valence-electron chi connectivity index (χ1n) is 8.97. The Morgan fingerprint density at radius 3 is 2.70 bits per heavy atom. The highest BCUT2D eigenvalue weighted by Crippen LogP contribution is 2.55. The first kappa shape index (κ1) is 15.1. The second-order valence-electron chi connectivity index (χ2n) is 7.62. The van der Waals surface area contributed by atoms with Crippen molar-refractivity contribution in [1.29, 1.82) is 0 Å². The molecule has 0 radical (unpaired) electrons. The minimum Gasteiger partial charge on any atom is -0.376 e. The summed E-state index contributed by atoms with van der Waals surface area (Å²) in [6.45, 7) is 1.79. The van der Waals surface area contributed by atoms with Gasteiger partial charge in [0.15, 0.2) is 5.66 Å². The summed E-state index contributed by atoms with van der Waals surface area (Å²) in [4.78, 5) is 14.8. The standard InChI is InChI=1S/C18H25N3O2/c1-2-3-10-18(19-20-18)11-7-15(22)21-13-17(8-5-9-17)16(21)14-6-4-12-23-14/h1,14,16H,3-13H2. The second-order valence-corrected chi connectivity index (χ2v) is 7.62. The second kappa shape index (κ2) is 5.59. The highest BCUT2D eigenvalue weighted by atomic mass is 16.5. The van der Waals surface area contributed by atoms with Gasteiger partial charge in [0.05, 0.1) is 12.1 Å². The molecule has 1 aliphatic carbocycles. The van der Waals surface area contributed by atoms with E-state index >= 15 is 0 Å². The van der Waals surface area contributed by atoms with Crippen molar-refractivity contribution in [2.24, 2.45) is 15.6 Å². The number of carbonyl (C=O) groups excluding carboxylic acids is 1. The van der Waals surface area contributed by atoms with Gasteiger partial charge in [0, 0.05) is 44.2 Å². The van der Waals surface area contributed by atoms with Gasteiger partial charge < -0.3 is 9.64 Å². The molecule has 3 fully saturated rings. The zero-order chi connectivity index (χ0) is 15.9. The molecule has 124 valence electrons. The Morgan fingerprint density at radius 2 is 2.13 bits per heavy atom. The molecule has 2 atom stereocenters. The van der Waals surface area contributed by atoms with E-state index in [2.05, 4.69) is 21.0 Å². The molecule has 3 heterocycles. The van der Waals surface area contributed by atoms with Crippen molar-refractivity contribution in [3.63, 3.8) is 0 Å². The number of hydrogen-bond donors (Lipinski definition) is 0. The summed E-state index contributed by atoms with van der Waals surface area (Å²) in [7, 11) is 0. The van der Waals surface area contributed by atoms with Crippen LogP contribution in [0, 0.1) is 17.8 Å². The molecule has 23 heavy (non-hydrogen) atoms. The number of rotatable bonds is 6. The van der Waals surface area contributed by atoms with E-state index in [1.807, 2.05) is 0 Å². The molecule has 4 aliphatic rings. The Morgan fingerprint density at radius 1 is 1.30 bits per heavy atom. The minimum atomic E-state index is -0.347. The number of amides is 1. The summed E-state index contributed by atoms with van der Waals surface area (Å²) >= 11 is 0. The van der Waals surface area contributed by atoms with Crippen LogP contribution in [0.15, 0.2) is 10.2 Å². The van der Waals surface area contributed by atoms with Gasteiger partial charge >= 0.3 is 0 Å². The summed E-state index contributed by atoms with van der Waals surface area (Å²) in [5, 5.41) is 8.27. The molecule has 1 amide bonds. The molecule has 5 nitrogen and oxygen atoms in total. The molecule has 0 aromatic heterocycles.